The average Bonchev–Trinajstić information content (AvgIpc) is 2.67. The molecule has 4 rings (SSSR count). The smallest absolute Gasteiger partial charge is 0.261 e. The normalized spacial score (nSPS) is 16.9. The van der Waals surface area contributed by atoms with Crippen molar-refractivity contribution in [2.24, 2.45) is 5.92 Å². The second kappa shape index (κ2) is 7.57. The Kier molecular flexibility index (Phi) is 5.13. The van der Waals surface area contributed by atoms with Gasteiger partial charge >= 0.3 is 0 Å². The van der Waals surface area contributed by atoms with E-state index in [0.29, 0.717) is 11.6 Å². The van der Waals surface area contributed by atoms with Crippen molar-refractivity contribution in [3.8, 4) is 0 Å². The van der Waals surface area contributed by atoms with Gasteiger partial charge in [0.25, 0.3) is 10.0 Å². The summed E-state index contributed by atoms with van der Waals surface area (Å²) in [6, 6.07) is 19.0. The van der Waals surface area contributed by atoms with E-state index >= 15 is 0 Å². The van der Waals surface area contributed by atoms with Crippen molar-refractivity contribution in [2.45, 2.75) is 24.2 Å². The third-order valence-corrected chi connectivity index (χ3v) is 6.82. The van der Waals surface area contributed by atoms with E-state index in [1.165, 1.54) is 11.1 Å². The summed E-state index contributed by atoms with van der Waals surface area (Å²) in [5, 5.41) is 1.95. The fourth-order valence-corrected chi connectivity index (χ4v) is 5.20. The van der Waals surface area contributed by atoms with Crippen molar-refractivity contribution >= 4 is 26.5 Å². The molecule has 0 fully saturated rings. The molecular formula is C23H26N2O2S. The highest BCUT2D eigenvalue weighted by Gasteiger charge is 2.21. The number of nitrogens with one attached hydrogen (secondary N) is 1. The minimum atomic E-state index is -3.61. The van der Waals surface area contributed by atoms with Gasteiger partial charge in [0.15, 0.2) is 0 Å². The largest absolute Gasteiger partial charge is 0.309 e. The predicted molar refractivity (Wildman–Crippen MR) is 115 cm³/mol. The molecule has 0 heterocycles. The zero-order valence-corrected chi connectivity index (χ0v) is 17.2. The molecule has 0 aliphatic heterocycles. The molecule has 0 bridgehead atoms. The molecule has 0 aromatic heterocycles. The van der Waals surface area contributed by atoms with Gasteiger partial charge in [-0.3, -0.25) is 4.72 Å². The third kappa shape index (κ3) is 4.05. The predicted octanol–water partition coefficient (Wildman–Crippen LogP) is 4.31. The maximum Gasteiger partial charge on any atom is 0.261 e. The van der Waals surface area contributed by atoms with E-state index < -0.39 is 10.0 Å². The number of sulfonamides is 1. The highest BCUT2D eigenvalue weighted by Crippen LogP contribution is 2.29. The summed E-state index contributed by atoms with van der Waals surface area (Å²) in [4.78, 5) is 2.52. The monoisotopic (exact) mass is 394 g/mol. The van der Waals surface area contributed by atoms with Crippen LogP contribution in [0.1, 0.15) is 17.5 Å². The van der Waals surface area contributed by atoms with Crippen LogP contribution in [0.4, 0.5) is 5.69 Å². The fraction of sp³-hybridized carbons (Fsp3) is 0.304. The van der Waals surface area contributed by atoms with E-state index in [1.54, 1.807) is 12.1 Å². The topological polar surface area (TPSA) is 49.4 Å². The first-order valence-electron chi connectivity index (χ1n) is 9.69. The SMILES string of the molecule is CN(C)CC1CCc2cc(NS(=O)(=O)c3ccc4ccccc4c3)ccc2C1. The van der Waals surface area contributed by atoms with Gasteiger partial charge in [0.05, 0.1) is 4.90 Å². The van der Waals surface area contributed by atoms with Crippen molar-refractivity contribution in [1.82, 2.24) is 4.90 Å². The molecule has 3 aromatic carbocycles. The quantitative estimate of drug-likeness (QED) is 0.702. The van der Waals surface area contributed by atoms with Gasteiger partial charge in [-0.1, -0.05) is 36.4 Å². The van der Waals surface area contributed by atoms with E-state index in [-0.39, 0.29) is 4.90 Å². The summed E-state index contributed by atoms with van der Waals surface area (Å²) in [7, 11) is 0.608. The summed E-state index contributed by atoms with van der Waals surface area (Å²) in [6.07, 6.45) is 3.21. The molecule has 0 radical (unpaired) electrons. The average molecular weight is 395 g/mol. The molecule has 1 unspecified atom stereocenters. The number of benzene rings is 3. The number of fused-ring (bicyclic) bond motifs is 2. The number of anilines is 1. The van der Waals surface area contributed by atoms with Gasteiger partial charge in [0.2, 0.25) is 0 Å². The number of rotatable bonds is 5. The molecule has 0 amide bonds. The first-order valence-corrected chi connectivity index (χ1v) is 11.2. The summed E-state index contributed by atoms with van der Waals surface area (Å²) in [5.41, 5.74) is 3.23. The van der Waals surface area contributed by atoms with Crippen LogP contribution in [0, 0.1) is 5.92 Å². The number of hydrogen-bond donors (Lipinski definition) is 1. The minimum absolute atomic E-state index is 0.287. The molecule has 0 spiro atoms. The molecule has 1 N–H and O–H groups in total. The Morgan fingerprint density at radius 2 is 1.75 bits per heavy atom. The molecule has 146 valence electrons. The van der Waals surface area contributed by atoms with Crippen LogP contribution in [0.25, 0.3) is 10.8 Å². The Hall–Kier alpha value is -2.37. The van der Waals surface area contributed by atoms with E-state index in [4.69, 9.17) is 0 Å². The minimum Gasteiger partial charge on any atom is -0.309 e. The lowest BCUT2D eigenvalue weighted by molar-refractivity contribution is 0.303. The molecular weight excluding hydrogens is 368 g/mol. The third-order valence-electron chi connectivity index (χ3n) is 5.44. The van der Waals surface area contributed by atoms with Crippen molar-refractivity contribution in [2.75, 3.05) is 25.4 Å². The molecule has 28 heavy (non-hydrogen) atoms. The van der Waals surface area contributed by atoms with Crippen LogP contribution in [0.3, 0.4) is 0 Å². The van der Waals surface area contributed by atoms with Crippen LogP contribution in [0.2, 0.25) is 0 Å². The van der Waals surface area contributed by atoms with Gasteiger partial charge in [-0.15, -0.1) is 0 Å². The molecule has 4 nitrogen and oxygen atoms in total. The van der Waals surface area contributed by atoms with Gasteiger partial charge in [0.1, 0.15) is 0 Å². The van der Waals surface area contributed by atoms with E-state index in [2.05, 4.69) is 29.8 Å². The van der Waals surface area contributed by atoms with Crippen molar-refractivity contribution in [3.63, 3.8) is 0 Å². The fourth-order valence-electron chi connectivity index (χ4n) is 4.11. The lowest BCUT2D eigenvalue weighted by atomic mass is 9.83. The second-order valence-electron chi connectivity index (χ2n) is 7.97. The zero-order valence-electron chi connectivity index (χ0n) is 16.4. The standard InChI is InChI=1S/C23H26N2O2S/c1-25(2)16-17-7-8-21-14-22(11-9-20(21)13-17)24-28(26,27)23-12-10-18-5-3-4-6-19(18)15-23/h3-6,9-12,14-15,17,24H,7-8,13,16H2,1-2H3. The highest BCUT2D eigenvalue weighted by atomic mass is 32.2. The Bertz CT molecular complexity index is 1110. The van der Waals surface area contributed by atoms with Crippen LogP contribution in [0.15, 0.2) is 65.6 Å². The molecule has 1 aliphatic rings. The first-order chi connectivity index (χ1) is 13.4. The first kappa shape index (κ1) is 19.0. The molecule has 5 heteroatoms. The summed E-state index contributed by atoms with van der Waals surface area (Å²) < 4.78 is 28.5. The Morgan fingerprint density at radius 1 is 0.964 bits per heavy atom. The van der Waals surface area contributed by atoms with Gasteiger partial charge in [-0.2, -0.15) is 0 Å². The summed E-state index contributed by atoms with van der Waals surface area (Å²) in [6.45, 7) is 1.09. The molecule has 3 aromatic rings. The van der Waals surface area contributed by atoms with Crippen LogP contribution in [-0.2, 0) is 22.9 Å². The zero-order chi connectivity index (χ0) is 19.7. The van der Waals surface area contributed by atoms with Crippen molar-refractivity contribution in [3.05, 3.63) is 71.8 Å². The van der Waals surface area contributed by atoms with E-state index in [9.17, 15) is 8.42 Å². The molecule has 0 saturated carbocycles. The Balaban J connectivity index is 1.55. The highest BCUT2D eigenvalue weighted by molar-refractivity contribution is 7.92. The van der Waals surface area contributed by atoms with Crippen LogP contribution < -0.4 is 4.72 Å². The van der Waals surface area contributed by atoms with Crippen LogP contribution in [-0.4, -0.2) is 34.0 Å². The van der Waals surface area contributed by atoms with Gasteiger partial charge < -0.3 is 4.90 Å². The Morgan fingerprint density at radius 3 is 2.54 bits per heavy atom. The Labute approximate surface area is 167 Å². The van der Waals surface area contributed by atoms with Gasteiger partial charge in [0, 0.05) is 12.2 Å². The number of aryl methyl sites for hydroxylation is 1. The van der Waals surface area contributed by atoms with Crippen molar-refractivity contribution < 1.29 is 8.42 Å². The van der Waals surface area contributed by atoms with Gasteiger partial charge in [-0.25, -0.2) is 8.42 Å². The lowest BCUT2D eigenvalue weighted by Crippen LogP contribution is -2.26. The van der Waals surface area contributed by atoms with Crippen molar-refractivity contribution in [1.29, 1.82) is 0 Å². The second-order valence-corrected chi connectivity index (χ2v) is 9.65. The molecule has 0 saturated heterocycles. The maximum absolute atomic E-state index is 12.9. The summed E-state index contributed by atoms with van der Waals surface area (Å²) >= 11 is 0. The molecule has 1 aliphatic carbocycles. The number of hydrogen-bond acceptors (Lipinski definition) is 3. The van der Waals surface area contributed by atoms with E-state index in [1.807, 2.05) is 42.5 Å². The summed E-state index contributed by atoms with van der Waals surface area (Å²) in [5.74, 6) is 0.669. The molecule has 1 atom stereocenters. The lowest BCUT2D eigenvalue weighted by Gasteiger charge is -2.27. The number of nitrogens with zero attached hydrogens (tertiary/aromatic N) is 1. The maximum atomic E-state index is 12.9. The van der Waals surface area contributed by atoms with Crippen LogP contribution in [0.5, 0.6) is 0 Å². The van der Waals surface area contributed by atoms with E-state index in [0.717, 1.165) is 36.6 Å². The van der Waals surface area contributed by atoms with Gasteiger partial charge in [-0.05, 0) is 85.4 Å². The van der Waals surface area contributed by atoms with Crippen LogP contribution >= 0.6 is 0 Å².